The van der Waals surface area contributed by atoms with Gasteiger partial charge >= 0.3 is 0 Å². The SMILES string of the molecule is CCCCCCCCC1(CCCCCCCC)c2cc(N(c3ccc4c(c3)C(C)(C)c3cc(-c5ccc6ccccc6c5)c5oc6ccccc6c5c3-4)c3c(C)cccc3C)ccc2-c2cc3c(cc21)-c1c(ccc2oc4ccccc4c12)C3(CCCCCCCC)CCCCCCCC. The second-order valence-corrected chi connectivity index (χ2v) is 31.5. The first kappa shape index (κ1) is 67.7. The molecule has 0 N–H and O–H groups in total. The highest BCUT2D eigenvalue weighted by molar-refractivity contribution is 6.19. The van der Waals surface area contributed by atoms with Gasteiger partial charge in [-0.25, -0.2) is 0 Å². The Morgan fingerprint density at radius 2 is 0.790 bits per heavy atom. The molecule has 0 fully saturated rings. The molecule has 2 aromatic heterocycles. The van der Waals surface area contributed by atoms with Crippen LogP contribution >= 0.6 is 0 Å². The second kappa shape index (κ2) is 29.1. The van der Waals surface area contributed by atoms with Gasteiger partial charge in [0, 0.05) is 54.7 Å². The van der Waals surface area contributed by atoms with Crippen LogP contribution < -0.4 is 4.90 Å². The summed E-state index contributed by atoms with van der Waals surface area (Å²) >= 11 is 0. The third kappa shape index (κ3) is 12.0. The van der Waals surface area contributed by atoms with E-state index in [0.717, 1.165) is 40.7 Å². The monoisotopic (exact) mass is 1320 g/mol. The molecule has 3 aliphatic rings. The van der Waals surface area contributed by atoms with Crippen LogP contribution in [-0.4, -0.2) is 0 Å². The van der Waals surface area contributed by atoms with Crippen molar-refractivity contribution in [3.05, 3.63) is 220 Å². The summed E-state index contributed by atoms with van der Waals surface area (Å²) in [6.45, 7) is 19.0. The lowest BCUT2D eigenvalue weighted by Gasteiger charge is -2.35. The normalized spacial score (nSPS) is 14.4. The molecule has 0 bridgehead atoms. The number of para-hydroxylation sites is 3. The van der Waals surface area contributed by atoms with Crippen LogP contribution in [0.2, 0.25) is 0 Å². The molecule has 3 nitrogen and oxygen atoms in total. The van der Waals surface area contributed by atoms with Crippen molar-refractivity contribution in [2.75, 3.05) is 4.90 Å². The summed E-state index contributed by atoms with van der Waals surface area (Å²) in [7, 11) is 0. The van der Waals surface area contributed by atoms with E-state index in [1.165, 1.54) is 278 Å². The minimum absolute atomic E-state index is 0.0969. The molecule has 3 heteroatoms. The predicted molar refractivity (Wildman–Crippen MR) is 430 cm³/mol. The third-order valence-electron chi connectivity index (χ3n) is 24.7. The zero-order valence-corrected chi connectivity index (χ0v) is 61.8. The summed E-state index contributed by atoms with van der Waals surface area (Å²) in [6.07, 6.45) is 35.6. The van der Waals surface area contributed by atoms with E-state index in [1.807, 2.05) is 0 Å². The van der Waals surface area contributed by atoms with Crippen molar-refractivity contribution in [2.45, 2.75) is 251 Å². The molecule has 10 aromatic carbocycles. The van der Waals surface area contributed by atoms with E-state index < -0.39 is 0 Å². The standard InChI is InChI=1S/C97H109NO2/c1-9-13-17-21-25-35-56-96(57-36-26-22-18-14-10-2)80-54-55-88-91(75-44-31-33-46-86(75)99-88)90(80)79-65-83-78(64-84(79)96)73-52-50-72(62-82(73)97(83,58-37-27-23-19-15-11-3)59-38-28-24-20-16-12-4)98(93-66(5)40-39-41-67(93)6)71-51-53-74-81(61-71)95(7,8)85-63-77(70-49-48-68-42-29-30-43-69(68)60-70)94-92(89(74)85)76-45-32-34-47-87(76)100-94/h29-34,39-55,60-65H,9-28,35-38,56-59H2,1-8H3. The number of unbranched alkanes of at least 4 members (excludes halogenated alkanes) is 20. The van der Waals surface area contributed by atoms with Crippen LogP contribution in [0.4, 0.5) is 17.1 Å². The van der Waals surface area contributed by atoms with Crippen LogP contribution in [0, 0.1) is 13.8 Å². The Morgan fingerprint density at radius 1 is 0.320 bits per heavy atom. The Labute approximate surface area is 598 Å². The van der Waals surface area contributed by atoms with E-state index in [0.29, 0.717) is 0 Å². The molecule has 0 amide bonds. The largest absolute Gasteiger partial charge is 0.456 e. The third-order valence-corrected chi connectivity index (χ3v) is 24.7. The molecular formula is C97H109NO2. The summed E-state index contributed by atoms with van der Waals surface area (Å²) < 4.78 is 14.0. The summed E-state index contributed by atoms with van der Waals surface area (Å²) in [5.74, 6) is 0. The average Bonchev–Trinajstić information content (AvgIpc) is 1.53. The van der Waals surface area contributed by atoms with E-state index in [4.69, 9.17) is 8.83 Å². The van der Waals surface area contributed by atoms with Crippen LogP contribution in [0.15, 0.2) is 185 Å². The van der Waals surface area contributed by atoms with Crippen LogP contribution in [0.25, 0.3) is 99.2 Å². The first-order valence-corrected chi connectivity index (χ1v) is 39.8. The van der Waals surface area contributed by atoms with Crippen molar-refractivity contribution in [3.63, 3.8) is 0 Å². The number of nitrogens with zero attached hydrogens (tertiary/aromatic N) is 1. The van der Waals surface area contributed by atoms with Gasteiger partial charge in [-0.2, -0.15) is 0 Å². The van der Waals surface area contributed by atoms with Crippen LogP contribution in [-0.2, 0) is 16.2 Å². The fourth-order valence-electron chi connectivity index (χ4n) is 19.4. The van der Waals surface area contributed by atoms with E-state index in [-0.39, 0.29) is 16.2 Å². The molecule has 0 saturated heterocycles. The summed E-state index contributed by atoms with van der Waals surface area (Å²) in [4.78, 5) is 2.68. The highest BCUT2D eigenvalue weighted by Gasteiger charge is 2.49. The highest BCUT2D eigenvalue weighted by Crippen LogP contribution is 2.64. The first-order valence-electron chi connectivity index (χ1n) is 39.8. The van der Waals surface area contributed by atoms with Gasteiger partial charge in [0.25, 0.3) is 0 Å². The smallest absolute Gasteiger partial charge is 0.143 e. The zero-order chi connectivity index (χ0) is 68.5. The van der Waals surface area contributed by atoms with Crippen molar-refractivity contribution in [1.29, 1.82) is 0 Å². The van der Waals surface area contributed by atoms with E-state index in [2.05, 4.69) is 236 Å². The average molecular weight is 1320 g/mol. The fraction of sp³-hybridized carbons (Fsp3) is 0.402. The number of hydrogen-bond donors (Lipinski definition) is 0. The van der Waals surface area contributed by atoms with Gasteiger partial charge in [0.05, 0.1) is 5.69 Å². The molecule has 12 aromatic rings. The lowest BCUT2D eigenvalue weighted by molar-refractivity contribution is 0.394. The van der Waals surface area contributed by atoms with Crippen molar-refractivity contribution < 1.29 is 8.83 Å². The number of rotatable bonds is 32. The Hall–Kier alpha value is -8.14. The number of benzene rings is 10. The van der Waals surface area contributed by atoms with E-state index in [9.17, 15) is 0 Å². The minimum Gasteiger partial charge on any atom is -0.456 e. The van der Waals surface area contributed by atoms with Gasteiger partial charge in [-0.3, -0.25) is 0 Å². The molecule has 514 valence electrons. The first-order chi connectivity index (χ1) is 49.0. The van der Waals surface area contributed by atoms with Crippen LogP contribution in [0.3, 0.4) is 0 Å². The topological polar surface area (TPSA) is 29.5 Å². The molecule has 0 unspecified atom stereocenters. The van der Waals surface area contributed by atoms with Gasteiger partial charge in [0.1, 0.15) is 22.3 Å². The molecule has 0 atom stereocenters. The summed E-state index contributed by atoms with van der Waals surface area (Å²) in [6, 6.07) is 68.8. The van der Waals surface area contributed by atoms with Crippen LogP contribution in [0.1, 0.15) is 266 Å². The molecule has 3 aliphatic carbocycles. The molecule has 15 rings (SSSR count). The fourth-order valence-corrected chi connectivity index (χ4v) is 19.4. The quantitative estimate of drug-likeness (QED) is 0.0394. The number of aryl methyl sites for hydroxylation is 2. The maximum Gasteiger partial charge on any atom is 0.143 e. The maximum atomic E-state index is 7.06. The summed E-state index contributed by atoms with van der Waals surface area (Å²) in [5, 5.41) is 7.45. The number of hydrogen-bond acceptors (Lipinski definition) is 3. The Balaban J connectivity index is 0.929. The zero-order valence-electron chi connectivity index (χ0n) is 61.8. The summed E-state index contributed by atoms with van der Waals surface area (Å²) in [5.41, 5.74) is 29.5. The second-order valence-electron chi connectivity index (χ2n) is 31.5. The number of fused-ring (bicyclic) bond motifs is 18. The van der Waals surface area contributed by atoms with Crippen LogP contribution in [0.5, 0.6) is 0 Å². The van der Waals surface area contributed by atoms with Gasteiger partial charge in [-0.15, -0.1) is 0 Å². The highest BCUT2D eigenvalue weighted by atomic mass is 16.3. The van der Waals surface area contributed by atoms with E-state index in [1.54, 1.807) is 22.3 Å². The minimum atomic E-state index is -0.332. The van der Waals surface area contributed by atoms with Crippen molar-refractivity contribution in [3.8, 4) is 44.5 Å². The maximum absolute atomic E-state index is 7.06. The lowest BCUT2D eigenvalue weighted by atomic mass is 9.68. The van der Waals surface area contributed by atoms with Gasteiger partial charge in [-0.05, 0) is 200 Å². The van der Waals surface area contributed by atoms with Crippen molar-refractivity contribution >= 4 is 71.7 Å². The Bertz CT molecular complexity index is 4890. The molecule has 0 radical (unpaired) electrons. The van der Waals surface area contributed by atoms with Gasteiger partial charge in [-0.1, -0.05) is 305 Å². The van der Waals surface area contributed by atoms with Gasteiger partial charge in [0.2, 0.25) is 0 Å². The van der Waals surface area contributed by atoms with Gasteiger partial charge < -0.3 is 13.7 Å². The lowest BCUT2D eigenvalue weighted by Crippen LogP contribution is -2.27. The molecular weight excluding hydrogens is 1210 g/mol. The number of anilines is 3. The molecule has 0 saturated carbocycles. The molecule has 0 aliphatic heterocycles. The van der Waals surface area contributed by atoms with E-state index >= 15 is 0 Å². The Kier molecular flexibility index (Phi) is 19.7. The molecule has 100 heavy (non-hydrogen) atoms. The molecule has 0 spiro atoms. The van der Waals surface area contributed by atoms with Crippen molar-refractivity contribution in [1.82, 2.24) is 0 Å². The number of furan rings is 2. The van der Waals surface area contributed by atoms with Crippen molar-refractivity contribution in [2.24, 2.45) is 0 Å². The van der Waals surface area contributed by atoms with Gasteiger partial charge in [0.15, 0.2) is 0 Å². The Morgan fingerprint density at radius 3 is 1.40 bits per heavy atom. The molecule has 2 heterocycles. The predicted octanol–water partition coefficient (Wildman–Crippen LogP) is 30.2.